The van der Waals surface area contributed by atoms with Crippen LogP contribution >= 0.6 is 0 Å². The van der Waals surface area contributed by atoms with Crippen LogP contribution in [0.2, 0.25) is 0 Å². The number of rotatable bonds is 3. The minimum Gasteiger partial charge on any atom is -0.399 e. The van der Waals surface area contributed by atoms with E-state index >= 15 is 0 Å². The fourth-order valence-corrected chi connectivity index (χ4v) is 3.06. The predicted molar refractivity (Wildman–Crippen MR) is 82.2 cm³/mol. The molecule has 0 saturated carbocycles. The van der Waals surface area contributed by atoms with Gasteiger partial charge in [-0.05, 0) is 55.1 Å². The summed E-state index contributed by atoms with van der Waals surface area (Å²) in [6.07, 6.45) is 6.30. The molecule has 0 spiro atoms. The fourth-order valence-electron chi connectivity index (χ4n) is 3.06. The van der Waals surface area contributed by atoms with E-state index in [0.717, 1.165) is 18.8 Å². The molecule has 3 heteroatoms. The van der Waals surface area contributed by atoms with Gasteiger partial charge in [0.15, 0.2) is 0 Å². The number of nitrogens with zero attached hydrogens (tertiary/aromatic N) is 2. The molecule has 1 saturated heterocycles. The quantitative estimate of drug-likeness (QED) is 0.868. The monoisotopic (exact) mass is 267 g/mol. The summed E-state index contributed by atoms with van der Waals surface area (Å²) in [5.41, 5.74) is 10.8. The van der Waals surface area contributed by atoms with E-state index in [1.165, 1.54) is 29.5 Å². The number of hydrogen-bond donors (Lipinski definition) is 1. The van der Waals surface area contributed by atoms with Gasteiger partial charge in [0.2, 0.25) is 0 Å². The average Bonchev–Trinajstić information content (AvgIpc) is 2.93. The molecule has 2 heterocycles. The number of nitrogens with two attached hydrogens (primary N) is 1. The van der Waals surface area contributed by atoms with Crippen molar-refractivity contribution in [3.63, 3.8) is 0 Å². The van der Waals surface area contributed by atoms with Crippen LogP contribution in [0.25, 0.3) is 0 Å². The summed E-state index contributed by atoms with van der Waals surface area (Å²) in [7, 11) is 0. The zero-order valence-electron chi connectivity index (χ0n) is 11.9. The van der Waals surface area contributed by atoms with E-state index < -0.39 is 0 Å². The first kappa shape index (κ1) is 13.1. The fraction of sp³-hybridized carbons (Fsp3) is 0.353. The van der Waals surface area contributed by atoms with Crippen LogP contribution in [0.4, 0.5) is 5.69 Å². The second kappa shape index (κ2) is 5.63. The highest BCUT2D eigenvalue weighted by atomic mass is 15.2. The van der Waals surface area contributed by atoms with Crippen molar-refractivity contribution in [2.45, 2.75) is 32.4 Å². The van der Waals surface area contributed by atoms with Gasteiger partial charge in [0, 0.05) is 30.7 Å². The lowest BCUT2D eigenvalue weighted by molar-refractivity contribution is 0.248. The second-order valence-corrected chi connectivity index (χ2v) is 5.55. The molecular formula is C17H21N3. The van der Waals surface area contributed by atoms with Gasteiger partial charge < -0.3 is 5.73 Å². The lowest BCUT2D eigenvalue weighted by atomic mass is 10.0. The molecule has 1 unspecified atom stereocenters. The van der Waals surface area contributed by atoms with E-state index in [2.05, 4.69) is 28.9 Å². The molecule has 20 heavy (non-hydrogen) atoms. The molecule has 0 radical (unpaired) electrons. The summed E-state index contributed by atoms with van der Waals surface area (Å²) in [5, 5.41) is 0. The molecule has 1 atom stereocenters. The van der Waals surface area contributed by atoms with Gasteiger partial charge in [0.05, 0.1) is 0 Å². The van der Waals surface area contributed by atoms with Crippen molar-refractivity contribution in [3.05, 3.63) is 59.4 Å². The molecule has 104 valence electrons. The Bertz CT molecular complexity index is 580. The molecule has 1 aliphatic rings. The highest BCUT2D eigenvalue weighted by Gasteiger charge is 2.26. The third-order valence-electron chi connectivity index (χ3n) is 4.29. The Balaban J connectivity index is 1.81. The second-order valence-electron chi connectivity index (χ2n) is 5.55. The van der Waals surface area contributed by atoms with Gasteiger partial charge in [0.25, 0.3) is 0 Å². The summed E-state index contributed by atoms with van der Waals surface area (Å²) in [6.45, 7) is 4.23. The Kier molecular flexibility index (Phi) is 3.70. The number of aromatic nitrogens is 1. The third-order valence-corrected chi connectivity index (χ3v) is 4.29. The molecule has 0 amide bonds. The van der Waals surface area contributed by atoms with Crippen molar-refractivity contribution in [2.75, 3.05) is 12.3 Å². The zero-order valence-corrected chi connectivity index (χ0v) is 11.9. The van der Waals surface area contributed by atoms with E-state index in [-0.39, 0.29) is 0 Å². The van der Waals surface area contributed by atoms with Crippen LogP contribution in [0.3, 0.4) is 0 Å². The lowest BCUT2D eigenvalue weighted by Gasteiger charge is -2.25. The minimum absolute atomic E-state index is 0.490. The number of likely N-dealkylation sites (tertiary alicyclic amines) is 1. The molecule has 3 nitrogen and oxygen atoms in total. The maximum Gasteiger partial charge on any atom is 0.0367 e. The molecule has 2 aromatic rings. The van der Waals surface area contributed by atoms with E-state index in [1.807, 2.05) is 30.6 Å². The molecule has 3 rings (SSSR count). The molecule has 1 aliphatic heterocycles. The molecule has 0 bridgehead atoms. The van der Waals surface area contributed by atoms with Gasteiger partial charge in [-0.2, -0.15) is 0 Å². The smallest absolute Gasteiger partial charge is 0.0367 e. The Morgan fingerprint density at radius 1 is 1.30 bits per heavy atom. The van der Waals surface area contributed by atoms with E-state index in [4.69, 9.17) is 5.73 Å². The molecule has 1 aromatic carbocycles. The van der Waals surface area contributed by atoms with Crippen molar-refractivity contribution in [2.24, 2.45) is 0 Å². The summed E-state index contributed by atoms with van der Waals surface area (Å²) in [6, 6.07) is 10.9. The summed E-state index contributed by atoms with van der Waals surface area (Å²) < 4.78 is 0. The molecule has 2 N–H and O–H groups in total. The van der Waals surface area contributed by atoms with E-state index in [0.29, 0.717) is 6.04 Å². The maximum absolute atomic E-state index is 6.01. The largest absolute Gasteiger partial charge is 0.399 e. The number of nitrogen functional groups attached to an aromatic ring is 1. The van der Waals surface area contributed by atoms with E-state index in [1.54, 1.807) is 0 Å². The molecule has 1 aromatic heterocycles. The normalized spacial score (nSPS) is 19.4. The first-order chi connectivity index (χ1) is 9.75. The standard InChI is InChI=1S/C17H21N3/c1-13-15(5-2-7-16(13)18)12-20-10-4-8-17(20)14-6-3-9-19-11-14/h2-3,5-7,9,11,17H,4,8,10,12,18H2,1H3. The van der Waals surface area contributed by atoms with Crippen LogP contribution in [-0.4, -0.2) is 16.4 Å². The lowest BCUT2D eigenvalue weighted by Crippen LogP contribution is -2.23. The van der Waals surface area contributed by atoms with Crippen molar-refractivity contribution in [1.82, 2.24) is 9.88 Å². The van der Waals surface area contributed by atoms with Crippen LogP contribution < -0.4 is 5.73 Å². The topological polar surface area (TPSA) is 42.1 Å². The van der Waals surface area contributed by atoms with Crippen molar-refractivity contribution in [1.29, 1.82) is 0 Å². The van der Waals surface area contributed by atoms with Crippen LogP contribution in [0.5, 0.6) is 0 Å². The maximum atomic E-state index is 6.01. The Hall–Kier alpha value is -1.87. The van der Waals surface area contributed by atoms with Gasteiger partial charge in [-0.3, -0.25) is 9.88 Å². The summed E-state index contributed by atoms with van der Waals surface area (Å²) >= 11 is 0. The van der Waals surface area contributed by atoms with E-state index in [9.17, 15) is 0 Å². The molecule has 1 fully saturated rings. The average molecular weight is 267 g/mol. The summed E-state index contributed by atoms with van der Waals surface area (Å²) in [4.78, 5) is 6.80. The number of hydrogen-bond acceptors (Lipinski definition) is 3. The number of benzene rings is 1. The van der Waals surface area contributed by atoms with Crippen LogP contribution in [0.15, 0.2) is 42.7 Å². The number of pyridine rings is 1. The van der Waals surface area contributed by atoms with Gasteiger partial charge in [-0.15, -0.1) is 0 Å². The van der Waals surface area contributed by atoms with Gasteiger partial charge in [0.1, 0.15) is 0 Å². The first-order valence-electron chi connectivity index (χ1n) is 7.23. The van der Waals surface area contributed by atoms with Crippen molar-refractivity contribution in [3.8, 4) is 0 Å². The van der Waals surface area contributed by atoms with Crippen molar-refractivity contribution < 1.29 is 0 Å². The highest BCUT2D eigenvalue weighted by Crippen LogP contribution is 2.33. The third kappa shape index (κ3) is 2.54. The SMILES string of the molecule is Cc1c(N)cccc1CN1CCCC1c1cccnc1. The van der Waals surface area contributed by atoms with Crippen LogP contribution in [-0.2, 0) is 6.54 Å². The first-order valence-corrected chi connectivity index (χ1v) is 7.23. The van der Waals surface area contributed by atoms with Gasteiger partial charge >= 0.3 is 0 Å². The Morgan fingerprint density at radius 3 is 3.00 bits per heavy atom. The zero-order chi connectivity index (χ0) is 13.9. The van der Waals surface area contributed by atoms with Crippen molar-refractivity contribution >= 4 is 5.69 Å². The Morgan fingerprint density at radius 2 is 2.20 bits per heavy atom. The molecule has 0 aliphatic carbocycles. The summed E-state index contributed by atoms with van der Waals surface area (Å²) in [5.74, 6) is 0. The molecular weight excluding hydrogens is 246 g/mol. The highest BCUT2D eigenvalue weighted by molar-refractivity contribution is 5.49. The predicted octanol–water partition coefficient (Wildman–Crippen LogP) is 3.31. The Labute approximate surface area is 120 Å². The van der Waals surface area contributed by atoms with Crippen LogP contribution in [0, 0.1) is 6.92 Å². The minimum atomic E-state index is 0.490. The van der Waals surface area contributed by atoms with Gasteiger partial charge in [-0.1, -0.05) is 18.2 Å². The van der Waals surface area contributed by atoms with Gasteiger partial charge in [-0.25, -0.2) is 0 Å². The number of anilines is 1. The van der Waals surface area contributed by atoms with Crippen LogP contribution in [0.1, 0.15) is 35.6 Å².